The Morgan fingerprint density at radius 2 is 2.00 bits per heavy atom. The maximum Gasteiger partial charge on any atom is 0.266 e. The van der Waals surface area contributed by atoms with E-state index in [0.29, 0.717) is 0 Å². The minimum Gasteiger partial charge on any atom is -0.507 e. The lowest BCUT2D eigenvalue weighted by atomic mass is 10.3. The molecule has 0 saturated heterocycles. The SMILES string of the molecule is CONS(=O)(=O)c1ccccc1O. The predicted molar refractivity (Wildman–Crippen MR) is 45.4 cm³/mol. The molecule has 2 N–H and O–H groups in total. The van der Waals surface area contributed by atoms with E-state index in [1.165, 1.54) is 31.4 Å². The Kier molecular flexibility index (Phi) is 2.86. The predicted octanol–water partition coefficient (Wildman–Crippen LogP) is 0.232. The van der Waals surface area contributed by atoms with E-state index in [-0.39, 0.29) is 10.6 Å². The normalized spacial score (nSPS) is 11.5. The van der Waals surface area contributed by atoms with Gasteiger partial charge in [-0.1, -0.05) is 17.0 Å². The molecule has 0 aliphatic heterocycles. The van der Waals surface area contributed by atoms with Crippen LogP contribution >= 0.6 is 0 Å². The molecule has 5 nitrogen and oxygen atoms in total. The van der Waals surface area contributed by atoms with Crippen molar-refractivity contribution >= 4 is 10.0 Å². The lowest BCUT2D eigenvalue weighted by Crippen LogP contribution is -2.22. The van der Waals surface area contributed by atoms with Crippen LogP contribution in [0.1, 0.15) is 0 Å². The van der Waals surface area contributed by atoms with Gasteiger partial charge in [0.2, 0.25) is 0 Å². The maximum absolute atomic E-state index is 11.3. The lowest BCUT2D eigenvalue weighted by Gasteiger charge is -2.04. The third-order valence-electron chi connectivity index (χ3n) is 1.35. The number of aromatic hydroxyl groups is 1. The van der Waals surface area contributed by atoms with Crippen LogP contribution in [0.4, 0.5) is 0 Å². The number of hydrogen-bond donors (Lipinski definition) is 2. The van der Waals surface area contributed by atoms with Gasteiger partial charge in [0, 0.05) is 0 Å². The quantitative estimate of drug-likeness (QED) is 0.689. The van der Waals surface area contributed by atoms with Crippen molar-refractivity contribution in [2.24, 2.45) is 0 Å². The first kappa shape index (κ1) is 9.97. The Morgan fingerprint density at radius 3 is 2.54 bits per heavy atom. The van der Waals surface area contributed by atoms with Crippen LogP contribution in [0.2, 0.25) is 0 Å². The summed E-state index contributed by atoms with van der Waals surface area (Å²) in [6.45, 7) is 0. The van der Waals surface area contributed by atoms with E-state index < -0.39 is 10.0 Å². The monoisotopic (exact) mass is 203 g/mol. The molecule has 0 radical (unpaired) electrons. The first-order valence-electron chi connectivity index (χ1n) is 3.40. The molecule has 13 heavy (non-hydrogen) atoms. The van der Waals surface area contributed by atoms with Crippen LogP contribution in [0.15, 0.2) is 29.2 Å². The van der Waals surface area contributed by atoms with Crippen LogP contribution in [0.3, 0.4) is 0 Å². The molecule has 1 rings (SSSR count). The lowest BCUT2D eigenvalue weighted by molar-refractivity contribution is 0.153. The van der Waals surface area contributed by atoms with Gasteiger partial charge in [0.25, 0.3) is 10.0 Å². The first-order valence-corrected chi connectivity index (χ1v) is 4.89. The summed E-state index contributed by atoms with van der Waals surface area (Å²) in [7, 11) is -2.59. The number of rotatable bonds is 3. The third-order valence-corrected chi connectivity index (χ3v) is 2.66. The van der Waals surface area contributed by atoms with Gasteiger partial charge in [-0.2, -0.15) is 0 Å². The zero-order chi connectivity index (χ0) is 9.90. The average Bonchev–Trinajstić information content (AvgIpc) is 2.04. The van der Waals surface area contributed by atoms with E-state index >= 15 is 0 Å². The number of phenols is 1. The summed E-state index contributed by atoms with van der Waals surface area (Å²) in [6.07, 6.45) is 0. The summed E-state index contributed by atoms with van der Waals surface area (Å²) in [6, 6.07) is 5.59. The fraction of sp³-hybridized carbons (Fsp3) is 0.143. The van der Waals surface area contributed by atoms with Gasteiger partial charge in [0.05, 0.1) is 7.11 Å². The molecule has 0 aliphatic carbocycles. The van der Waals surface area contributed by atoms with Crippen molar-refractivity contribution in [3.05, 3.63) is 24.3 Å². The van der Waals surface area contributed by atoms with Crippen LogP contribution in [0, 0.1) is 0 Å². The highest BCUT2D eigenvalue weighted by Gasteiger charge is 2.16. The van der Waals surface area contributed by atoms with Gasteiger partial charge < -0.3 is 5.11 Å². The highest BCUT2D eigenvalue weighted by atomic mass is 32.2. The second kappa shape index (κ2) is 3.73. The Balaban J connectivity index is 3.15. The average molecular weight is 203 g/mol. The Labute approximate surface area is 76.0 Å². The van der Waals surface area contributed by atoms with Crippen molar-refractivity contribution < 1.29 is 18.4 Å². The second-order valence-electron chi connectivity index (χ2n) is 2.26. The number of hydrogen-bond acceptors (Lipinski definition) is 4. The number of sulfonamides is 1. The molecule has 1 aromatic carbocycles. The van der Waals surface area contributed by atoms with E-state index in [2.05, 4.69) is 4.84 Å². The molecule has 0 fully saturated rings. The molecular formula is C7H9NO4S. The van der Waals surface area contributed by atoms with Crippen LogP contribution < -0.4 is 4.89 Å². The second-order valence-corrected chi connectivity index (χ2v) is 3.87. The summed E-state index contributed by atoms with van der Waals surface area (Å²) >= 11 is 0. The van der Waals surface area contributed by atoms with Gasteiger partial charge in [-0.25, -0.2) is 8.42 Å². The largest absolute Gasteiger partial charge is 0.507 e. The molecule has 0 unspecified atom stereocenters. The van der Waals surface area contributed by atoms with E-state index in [1.54, 1.807) is 4.89 Å². The van der Waals surface area contributed by atoms with Gasteiger partial charge in [-0.15, -0.1) is 0 Å². The zero-order valence-corrected chi connectivity index (χ0v) is 7.71. The van der Waals surface area contributed by atoms with Crippen LogP contribution in [-0.2, 0) is 14.9 Å². The van der Waals surface area contributed by atoms with Crippen LogP contribution in [0.25, 0.3) is 0 Å². The first-order chi connectivity index (χ1) is 6.08. The minimum absolute atomic E-state index is 0.211. The Hall–Kier alpha value is -1.11. The topological polar surface area (TPSA) is 75.6 Å². The molecule has 1 aromatic rings. The molecule has 0 aliphatic rings. The highest BCUT2D eigenvalue weighted by Crippen LogP contribution is 2.20. The molecule has 0 spiro atoms. The number of nitrogens with one attached hydrogen (secondary N) is 1. The maximum atomic E-state index is 11.3. The summed E-state index contributed by atoms with van der Waals surface area (Å²) in [4.78, 5) is 5.85. The van der Waals surface area contributed by atoms with Crippen LogP contribution in [0.5, 0.6) is 5.75 Å². The molecule has 0 bridgehead atoms. The molecule has 0 aromatic heterocycles. The summed E-state index contributed by atoms with van der Waals surface area (Å²) in [5, 5.41) is 9.20. The molecular weight excluding hydrogens is 194 g/mol. The summed E-state index contributed by atoms with van der Waals surface area (Å²) < 4.78 is 22.5. The third kappa shape index (κ3) is 2.18. The van der Waals surface area contributed by atoms with E-state index in [9.17, 15) is 13.5 Å². The van der Waals surface area contributed by atoms with Crippen molar-refractivity contribution in [3.63, 3.8) is 0 Å². The van der Waals surface area contributed by atoms with Gasteiger partial charge in [0.1, 0.15) is 10.6 Å². The zero-order valence-electron chi connectivity index (χ0n) is 6.89. The van der Waals surface area contributed by atoms with Gasteiger partial charge in [-0.05, 0) is 12.1 Å². The molecule has 0 heterocycles. The smallest absolute Gasteiger partial charge is 0.266 e. The van der Waals surface area contributed by atoms with E-state index in [1.807, 2.05) is 0 Å². The van der Waals surface area contributed by atoms with Crippen molar-refractivity contribution in [1.82, 2.24) is 4.89 Å². The molecule has 0 saturated carbocycles. The van der Waals surface area contributed by atoms with Gasteiger partial charge in [-0.3, -0.25) is 4.84 Å². The molecule has 0 atom stereocenters. The van der Waals surface area contributed by atoms with Crippen molar-refractivity contribution in [1.29, 1.82) is 0 Å². The Morgan fingerprint density at radius 1 is 1.38 bits per heavy atom. The fourth-order valence-corrected chi connectivity index (χ4v) is 1.75. The number of para-hydroxylation sites is 1. The Bertz CT molecular complexity index is 387. The van der Waals surface area contributed by atoms with Gasteiger partial charge >= 0.3 is 0 Å². The van der Waals surface area contributed by atoms with Crippen molar-refractivity contribution in [2.45, 2.75) is 4.90 Å². The standard InChI is InChI=1S/C7H9NO4S/c1-12-8-13(10,11)7-5-3-2-4-6(7)9/h2-5,8-9H,1H3. The van der Waals surface area contributed by atoms with Crippen LogP contribution in [-0.4, -0.2) is 20.6 Å². The molecule has 6 heteroatoms. The molecule has 0 amide bonds. The highest BCUT2D eigenvalue weighted by molar-refractivity contribution is 7.89. The summed E-state index contributed by atoms with van der Waals surface area (Å²) in [5.41, 5.74) is 0. The molecule has 72 valence electrons. The van der Waals surface area contributed by atoms with E-state index in [0.717, 1.165) is 0 Å². The van der Waals surface area contributed by atoms with Crippen molar-refractivity contribution in [2.75, 3.05) is 7.11 Å². The van der Waals surface area contributed by atoms with Gasteiger partial charge in [0.15, 0.2) is 0 Å². The van der Waals surface area contributed by atoms with Crippen molar-refractivity contribution in [3.8, 4) is 5.75 Å². The number of benzene rings is 1. The van der Waals surface area contributed by atoms with E-state index in [4.69, 9.17) is 0 Å². The fourth-order valence-electron chi connectivity index (χ4n) is 0.839. The number of phenolic OH excluding ortho intramolecular Hbond substituents is 1. The summed E-state index contributed by atoms with van der Waals surface area (Å²) in [5.74, 6) is -0.313. The minimum atomic E-state index is -3.76.